The van der Waals surface area contributed by atoms with Gasteiger partial charge in [0.2, 0.25) is 0 Å². The summed E-state index contributed by atoms with van der Waals surface area (Å²) in [5.74, 6) is 0. The normalized spacial score (nSPS) is 25.3. The summed E-state index contributed by atoms with van der Waals surface area (Å²) in [4.78, 5) is 26.9. The summed E-state index contributed by atoms with van der Waals surface area (Å²) in [6.45, 7) is 0. The van der Waals surface area contributed by atoms with Crippen molar-refractivity contribution in [3.8, 4) is 0 Å². The van der Waals surface area contributed by atoms with E-state index in [1.54, 1.807) is 0 Å². The summed E-state index contributed by atoms with van der Waals surface area (Å²) in [5, 5.41) is 3.09. The van der Waals surface area contributed by atoms with Gasteiger partial charge in [0.25, 0.3) is 5.56 Å². The second-order valence-corrected chi connectivity index (χ2v) is 4.18. The monoisotopic (exact) mass is 224 g/mol. The van der Waals surface area contributed by atoms with E-state index < -0.39 is 11.2 Å². The lowest BCUT2D eigenvalue weighted by Crippen LogP contribution is -2.44. The van der Waals surface area contributed by atoms with E-state index >= 15 is 0 Å². The fourth-order valence-corrected chi connectivity index (χ4v) is 2.06. The largest absolute Gasteiger partial charge is 0.375 e. The number of hydrogen-bond acceptors (Lipinski definition) is 4. The molecular formula is C10H16N4O2. The molecule has 0 unspecified atom stereocenters. The van der Waals surface area contributed by atoms with Crippen LogP contribution in [-0.2, 0) is 0 Å². The van der Waals surface area contributed by atoms with E-state index in [1.165, 1.54) is 6.20 Å². The number of nitrogens with one attached hydrogen (secondary N) is 3. The number of aromatic amines is 2. The zero-order valence-electron chi connectivity index (χ0n) is 8.95. The van der Waals surface area contributed by atoms with Crippen LogP contribution in [0, 0.1) is 0 Å². The van der Waals surface area contributed by atoms with Crippen molar-refractivity contribution < 1.29 is 0 Å². The van der Waals surface area contributed by atoms with Crippen molar-refractivity contribution in [2.24, 2.45) is 5.73 Å². The van der Waals surface area contributed by atoms with E-state index in [0.29, 0.717) is 5.69 Å². The Labute approximate surface area is 92.3 Å². The van der Waals surface area contributed by atoms with Gasteiger partial charge in [0.15, 0.2) is 0 Å². The first-order valence-corrected chi connectivity index (χ1v) is 5.51. The van der Waals surface area contributed by atoms with Crippen LogP contribution >= 0.6 is 0 Å². The van der Waals surface area contributed by atoms with Gasteiger partial charge in [-0.3, -0.25) is 9.78 Å². The average molecular weight is 224 g/mol. The van der Waals surface area contributed by atoms with Crippen LogP contribution in [0.1, 0.15) is 25.7 Å². The van der Waals surface area contributed by atoms with Gasteiger partial charge in [0.1, 0.15) is 5.69 Å². The Morgan fingerprint density at radius 1 is 1.31 bits per heavy atom. The highest BCUT2D eigenvalue weighted by atomic mass is 16.2. The topological polar surface area (TPSA) is 104 Å². The minimum absolute atomic E-state index is 0.0695. The van der Waals surface area contributed by atoms with Gasteiger partial charge in [-0.2, -0.15) is 0 Å². The minimum Gasteiger partial charge on any atom is -0.375 e. The predicted octanol–water partition coefficient (Wildman–Crippen LogP) is -0.255. The van der Waals surface area contributed by atoms with Gasteiger partial charge < -0.3 is 16.0 Å². The average Bonchev–Trinajstić information content (AvgIpc) is 2.25. The van der Waals surface area contributed by atoms with Gasteiger partial charge in [-0.1, -0.05) is 12.8 Å². The van der Waals surface area contributed by atoms with E-state index in [-0.39, 0.29) is 12.1 Å². The molecule has 0 amide bonds. The van der Waals surface area contributed by atoms with E-state index in [1.807, 2.05) is 0 Å². The fourth-order valence-electron chi connectivity index (χ4n) is 2.06. The van der Waals surface area contributed by atoms with E-state index in [9.17, 15) is 9.59 Å². The van der Waals surface area contributed by atoms with Gasteiger partial charge in [-0.05, 0) is 12.8 Å². The zero-order chi connectivity index (χ0) is 11.5. The summed E-state index contributed by atoms with van der Waals surface area (Å²) in [6, 6.07) is 0.181. The molecule has 0 saturated heterocycles. The van der Waals surface area contributed by atoms with Crippen molar-refractivity contribution in [2.45, 2.75) is 37.8 Å². The second kappa shape index (κ2) is 4.52. The molecule has 1 fully saturated rings. The van der Waals surface area contributed by atoms with Crippen LogP contribution in [0.5, 0.6) is 0 Å². The molecule has 0 bridgehead atoms. The smallest absolute Gasteiger partial charge is 0.325 e. The molecule has 1 heterocycles. The Morgan fingerprint density at radius 2 is 2.06 bits per heavy atom. The molecule has 6 heteroatoms. The van der Waals surface area contributed by atoms with Crippen LogP contribution in [-0.4, -0.2) is 22.1 Å². The lowest BCUT2D eigenvalue weighted by atomic mass is 9.91. The molecular weight excluding hydrogens is 208 g/mol. The number of hydrogen-bond donors (Lipinski definition) is 4. The number of H-pyrrole nitrogens is 2. The first-order valence-electron chi connectivity index (χ1n) is 5.51. The highest BCUT2D eigenvalue weighted by Crippen LogP contribution is 2.19. The van der Waals surface area contributed by atoms with Crippen LogP contribution in [0.3, 0.4) is 0 Å². The maximum Gasteiger partial charge on any atom is 0.325 e. The summed E-state index contributed by atoms with van der Waals surface area (Å²) >= 11 is 0. The minimum atomic E-state index is -0.497. The van der Waals surface area contributed by atoms with E-state index in [4.69, 9.17) is 5.73 Å². The molecule has 0 aliphatic heterocycles. The molecule has 1 aliphatic rings. The van der Waals surface area contributed by atoms with Crippen LogP contribution < -0.4 is 22.3 Å². The highest BCUT2D eigenvalue weighted by molar-refractivity contribution is 5.39. The predicted molar refractivity (Wildman–Crippen MR) is 61.5 cm³/mol. The van der Waals surface area contributed by atoms with Gasteiger partial charge in [-0.15, -0.1) is 0 Å². The quantitative estimate of drug-likeness (QED) is 0.555. The lowest BCUT2D eigenvalue weighted by Gasteiger charge is -2.29. The molecule has 0 radical (unpaired) electrons. The third-order valence-electron chi connectivity index (χ3n) is 2.98. The van der Waals surface area contributed by atoms with Gasteiger partial charge in [0, 0.05) is 18.3 Å². The van der Waals surface area contributed by atoms with Crippen LogP contribution in [0.4, 0.5) is 5.69 Å². The SMILES string of the molecule is N[C@@H]1CCCC[C@@H]1Nc1c[nH]c(=O)[nH]c1=O. The Balaban J connectivity index is 2.14. The number of rotatable bonds is 2. The first-order chi connectivity index (χ1) is 7.66. The second-order valence-electron chi connectivity index (χ2n) is 4.18. The number of anilines is 1. The zero-order valence-corrected chi connectivity index (χ0v) is 8.95. The Hall–Kier alpha value is -1.56. The molecule has 0 spiro atoms. The Kier molecular flexibility index (Phi) is 3.09. The molecule has 6 nitrogen and oxygen atoms in total. The molecule has 1 saturated carbocycles. The first kappa shape index (κ1) is 10.9. The van der Waals surface area contributed by atoms with Gasteiger partial charge in [0.05, 0.1) is 0 Å². The number of aromatic nitrogens is 2. The van der Waals surface area contributed by atoms with Crippen LogP contribution in [0.15, 0.2) is 15.8 Å². The molecule has 2 rings (SSSR count). The maximum atomic E-state index is 11.4. The molecule has 0 aromatic carbocycles. The number of nitrogens with two attached hydrogens (primary N) is 1. The molecule has 16 heavy (non-hydrogen) atoms. The van der Waals surface area contributed by atoms with Crippen molar-refractivity contribution >= 4 is 5.69 Å². The van der Waals surface area contributed by atoms with E-state index in [2.05, 4.69) is 15.3 Å². The molecule has 1 aliphatic carbocycles. The third kappa shape index (κ3) is 2.33. The molecule has 1 aromatic heterocycles. The van der Waals surface area contributed by atoms with Gasteiger partial charge in [-0.25, -0.2) is 4.79 Å². The molecule has 2 atom stereocenters. The van der Waals surface area contributed by atoms with E-state index in [0.717, 1.165) is 25.7 Å². The summed E-state index contributed by atoms with van der Waals surface area (Å²) in [5.41, 5.74) is 5.44. The van der Waals surface area contributed by atoms with Crippen molar-refractivity contribution in [1.82, 2.24) is 9.97 Å². The van der Waals surface area contributed by atoms with Gasteiger partial charge >= 0.3 is 5.69 Å². The molecule has 1 aromatic rings. The van der Waals surface area contributed by atoms with Crippen molar-refractivity contribution in [1.29, 1.82) is 0 Å². The summed E-state index contributed by atoms with van der Waals surface area (Å²) < 4.78 is 0. The van der Waals surface area contributed by atoms with Crippen LogP contribution in [0.25, 0.3) is 0 Å². The Morgan fingerprint density at radius 3 is 2.75 bits per heavy atom. The Bertz CT molecular complexity index is 464. The molecule has 5 N–H and O–H groups in total. The lowest BCUT2D eigenvalue weighted by molar-refractivity contribution is 0.403. The highest BCUT2D eigenvalue weighted by Gasteiger charge is 2.22. The standard InChI is InChI=1S/C10H16N4O2/c11-6-3-1-2-4-7(6)13-8-5-12-10(16)14-9(8)15/h5-7,13H,1-4,11H2,(H2,12,14,15,16)/t6-,7+/m1/s1. The summed E-state index contributed by atoms with van der Waals surface area (Å²) in [6.07, 6.45) is 5.58. The fraction of sp³-hybridized carbons (Fsp3) is 0.600. The summed E-state index contributed by atoms with van der Waals surface area (Å²) in [7, 11) is 0. The van der Waals surface area contributed by atoms with Crippen molar-refractivity contribution in [3.05, 3.63) is 27.0 Å². The maximum absolute atomic E-state index is 11.4. The third-order valence-corrected chi connectivity index (χ3v) is 2.98. The molecule has 88 valence electrons. The van der Waals surface area contributed by atoms with Crippen molar-refractivity contribution in [2.75, 3.05) is 5.32 Å². The van der Waals surface area contributed by atoms with Crippen molar-refractivity contribution in [3.63, 3.8) is 0 Å². The van der Waals surface area contributed by atoms with Crippen LogP contribution in [0.2, 0.25) is 0 Å².